The van der Waals surface area contributed by atoms with Gasteiger partial charge in [-0.1, -0.05) is 0 Å². The number of anilines is 3. The highest BCUT2D eigenvalue weighted by molar-refractivity contribution is 5.99. The smallest absolute Gasteiger partial charge is 0.250 e. The second-order valence-corrected chi connectivity index (χ2v) is 7.71. The van der Waals surface area contributed by atoms with E-state index in [1.807, 2.05) is 19.1 Å². The Balaban J connectivity index is 1.58. The molecule has 0 atom stereocenters. The summed E-state index contributed by atoms with van der Waals surface area (Å²) in [5, 5.41) is 13.9. The Hall–Kier alpha value is -2.90. The lowest BCUT2D eigenvalue weighted by Crippen LogP contribution is -2.34. The van der Waals surface area contributed by atoms with Crippen molar-refractivity contribution in [2.24, 2.45) is 5.10 Å². The summed E-state index contributed by atoms with van der Waals surface area (Å²) in [7, 11) is 0. The van der Waals surface area contributed by atoms with Gasteiger partial charge in [0.15, 0.2) is 0 Å². The molecular weight excluding hydrogens is 366 g/mol. The summed E-state index contributed by atoms with van der Waals surface area (Å²) < 4.78 is 0. The molecule has 0 amide bonds. The number of nitrogens with one attached hydrogen (secondary N) is 1. The summed E-state index contributed by atoms with van der Waals surface area (Å²) >= 11 is 0. The molecule has 154 valence electrons. The maximum Gasteiger partial charge on any atom is 0.250 e. The Morgan fingerprint density at radius 2 is 1.34 bits per heavy atom. The Morgan fingerprint density at radius 3 is 1.86 bits per heavy atom. The number of aromatic hydroxyl groups is 1. The first-order valence-corrected chi connectivity index (χ1v) is 10.5. The van der Waals surface area contributed by atoms with E-state index in [2.05, 4.69) is 30.3 Å². The lowest BCUT2D eigenvalue weighted by molar-refractivity contribution is 0.475. The third kappa shape index (κ3) is 4.93. The van der Waals surface area contributed by atoms with Crippen molar-refractivity contribution in [2.45, 2.75) is 45.4 Å². The maximum atomic E-state index is 9.46. The predicted molar refractivity (Wildman–Crippen MR) is 116 cm³/mol. The molecule has 29 heavy (non-hydrogen) atoms. The van der Waals surface area contributed by atoms with Crippen molar-refractivity contribution in [3.05, 3.63) is 29.8 Å². The highest BCUT2D eigenvalue weighted by atomic mass is 16.3. The zero-order valence-corrected chi connectivity index (χ0v) is 17.0. The van der Waals surface area contributed by atoms with Crippen LogP contribution in [0.3, 0.4) is 0 Å². The predicted octanol–water partition coefficient (Wildman–Crippen LogP) is 3.39. The molecule has 2 aromatic rings. The molecule has 0 unspecified atom stereocenters. The zero-order chi connectivity index (χ0) is 20.1. The van der Waals surface area contributed by atoms with Crippen molar-refractivity contribution in [3.63, 3.8) is 0 Å². The summed E-state index contributed by atoms with van der Waals surface area (Å²) in [5.41, 5.74) is 4.75. The first-order valence-electron chi connectivity index (χ1n) is 10.5. The van der Waals surface area contributed by atoms with Crippen molar-refractivity contribution in [3.8, 4) is 5.75 Å². The van der Waals surface area contributed by atoms with Crippen molar-refractivity contribution in [1.82, 2.24) is 15.0 Å². The largest absolute Gasteiger partial charge is 0.508 e. The number of nitrogens with zero attached hydrogens (tertiary/aromatic N) is 6. The molecule has 0 spiro atoms. The van der Waals surface area contributed by atoms with E-state index in [0.717, 1.165) is 49.4 Å². The van der Waals surface area contributed by atoms with Gasteiger partial charge in [-0.3, -0.25) is 0 Å². The van der Waals surface area contributed by atoms with Crippen LogP contribution in [0, 0.1) is 0 Å². The Labute approximate surface area is 171 Å². The highest BCUT2D eigenvalue weighted by Gasteiger charge is 2.20. The molecular formula is C21H29N7O. The molecule has 3 heterocycles. The molecule has 4 rings (SSSR count). The van der Waals surface area contributed by atoms with E-state index < -0.39 is 0 Å². The monoisotopic (exact) mass is 395 g/mol. The van der Waals surface area contributed by atoms with Gasteiger partial charge in [-0.05, 0) is 75.3 Å². The van der Waals surface area contributed by atoms with Gasteiger partial charge in [0.1, 0.15) is 5.75 Å². The van der Waals surface area contributed by atoms with E-state index in [9.17, 15) is 5.11 Å². The van der Waals surface area contributed by atoms with Crippen LogP contribution in [0.1, 0.15) is 51.0 Å². The van der Waals surface area contributed by atoms with E-state index in [1.54, 1.807) is 12.1 Å². The number of hydrazone groups is 1. The summed E-state index contributed by atoms with van der Waals surface area (Å²) in [4.78, 5) is 18.6. The molecule has 2 aliphatic rings. The van der Waals surface area contributed by atoms with Crippen molar-refractivity contribution in [2.75, 3.05) is 41.4 Å². The van der Waals surface area contributed by atoms with Gasteiger partial charge in [-0.25, -0.2) is 5.43 Å². The van der Waals surface area contributed by atoms with Crippen LogP contribution in [-0.2, 0) is 0 Å². The molecule has 0 radical (unpaired) electrons. The Kier molecular flexibility index (Phi) is 6.07. The molecule has 8 heteroatoms. The summed E-state index contributed by atoms with van der Waals surface area (Å²) in [6.07, 6.45) is 7.22. The average molecular weight is 396 g/mol. The Bertz CT molecular complexity index is 804. The number of aromatic nitrogens is 3. The summed E-state index contributed by atoms with van der Waals surface area (Å²) in [6.45, 7) is 5.85. The lowest BCUT2D eigenvalue weighted by Gasteiger charge is -2.30. The van der Waals surface area contributed by atoms with Crippen LogP contribution in [0.5, 0.6) is 5.75 Å². The molecule has 0 aliphatic carbocycles. The minimum atomic E-state index is 0.240. The van der Waals surface area contributed by atoms with E-state index >= 15 is 0 Å². The summed E-state index contributed by atoms with van der Waals surface area (Å²) in [6, 6.07) is 6.98. The number of hydrogen-bond donors (Lipinski definition) is 2. The first kappa shape index (κ1) is 19.4. The van der Waals surface area contributed by atoms with Gasteiger partial charge in [-0.15, -0.1) is 0 Å². The number of piperidine rings is 2. The van der Waals surface area contributed by atoms with E-state index in [-0.39, 0.29) is 5.75 Å². The van der Waals surface area contributed by atoms with E-state index in [4.69, 9.17) is 4.98 Å². The number of hydrogen-bond acceptors (Lipinski definition) is 8. The first-order chi connectivity index (χ1) is 14.2. The van der Waals surface area contributed by atoms with Crippen LogP contribution in [0.15, 0.2) is 29.4 Å². The molecule has 2 saturated heterocycles. The van der Waals surface area contributed by atoms with Crippen molar-refractivity contribution < 1.29 is 5.11 Å². The Morgan fingerprint density at radius 1 is 0.828 bits per heavy atom. The highest BCUT2D eigenvalue weighted by Crippen LogP contribution is 2.22. The second kappa shape index (κ2) is 9.07. The molecule has 0 saturated carbocycles. The third-order valence-electron chi connectivity index (χ3n) is 5.50. The van der Waals surface area contributed by atoms with E-state index in [0.29, 0.717) is 5.95 Å². The number of phenols is 1. The van der Waals surface area contributed by atoms with Gasteiger partial charge in [0.25, 0.3) is 0 Å². The molecule has 8 nitrogen and oxygen atoms in total. The van der Waals surface area contributed by atoms with Gasteiger partial charge in [0, 0.05) is 26.2 Å². The van der Waals surface area contributed by atoms with Crippen LogP contribution in [0.2, 0.25) is 0 Å². The zero-order valence-electron chi connectivity index (χ0n) is 17.0. The van der Waals surface area contributed by atoms with Crippen molar-refractivity contribution >= 4 is 23.6 Å². The van der Waals surface area contributed by atoms with Crippen molar-refractivity contribution in [1.29, 1.82) is 0 Å². The molecule has 1 aromatic heterocycles. The topological polar surface area (TPSA) is 89.8 Å². The number of rotatable bonds is 5. The number of phenolic OH excluding ortho intramolecular Hbond substituents is 1. The second-order valence-electron chi connectivity index (χ2n) is 7.71. The van der Waals surface area contributed by atoms with Gasteiger partial charge in [0.05, 0.1) is 5.71 Å². The van der Waals surface area contributed by atoms with Crippen LogP contribution in [0.25, 0.3) is 0 Å². The summed E-state index contributed by atoms with van der Waals surface area (Å²) in [5.74, 6) is 2.18. The standard InChI is InChI=1S/C21H29N7O/c1-16(17-8-10-18(29)11-9-17)25-26-19-22-20(27-12-4-2-5-13-27)24-21(23-19)28-14-6-3-7-15-28/h8-11,29H,2-7,12-15H2,1H3,(H,22,23,24,26)/b25-16+. The molecule has 2 N–H and O–H groups in total. The molecule has 2 aliphatic heterocycles. The fourth-order valence-corrected chi connectivity index (χ4v) is 3.78. The normalized spacial score (nSPS) is 18.0. The lowest BCUT2D eigenvalue weighted by atomic mass is 10.1. The average Bonchev–Trinajstić information content (AvgIpc) is 2.79. The molecule has 0 bridgehead atoms. The minimum absolute atomic E-state index is 0.240. The van der Waals surface area contributed by atoms with Crippen LogP contribution < -0.4 is 15.2 Å². The van der Waals surface area contributed by atoms with Crippen LogP contribution >= 0.6 is 0 Å². The van der Waals surface area contributed by atoms with Gasteiger partial charge in [0.2, 0.25) is 17.8 Å². The SMILES string of the molecule is C/C(=N\Nc1nc(N2CCCCC2)nc(N2CCCCC2)n1)c1ccc(O)cc1. The minimum Gasteiger partial charge on any atom is -0.508 e. The van der Waals surface area contributed by atoms with E-state index in [1.165, 1.54) is 38.5 Å². The van der Waals surface area contributed by atoms with Crippen LogP contribution in [0.4, 0.5) is 17.8 Å². The fourth-order valence-electron chi connectivity index (χ4n) is 3.78. The fraction of sp³-hybridized carbons (Fsp3) is 0.524. The van der Waals surface area contributed by atoms with Gasteiger partial charge >= 0.3 is 0 Å². The van der Waals surface area contributed by atoms with Crippen LogP contribution in [-0.4, -0.2) is 51.9 Å². The van der Waals surface area contributed by atoms with Gasteiger partial charge < -0.3 is 14.9 Å². The number of benzene rings is 1. The molecule has 1 aromatic carbocycles. The quantitative estimate of drug-likeness (QED) is 0.592. The molecule has 2 fully saturated rings. The maximum absolute atomic E-state index is 9.46. The third-order valence-corrected chi connectivity index (χ3v) is 5.50. The van der Waals surface area contributed by atoms with Gasteiger partial charge in [-0.2, -0.15) is 20.1 Å².